The molecule has 6 nitrogen and oxygen atoms in total. The highest BCUT2D eigenvalue weighted by atomic mass is 32.2. The number of anilines is 1. The van der Waals surface area contributed by atoms with Gasteiger partial charge in [0.2, 0.25) is 0 Å². The summed E-state index contributed by atoms with van der Waals surface area (Å²) in [5.41, 5.74) is 3.89. The number of fused-ring (bicyclic) bond motifs is 1. The smallest absolute Gasteiger partial charge is 0.273 e. The molecule has 1 aromatic heterocycles. The van der Waals surface area contributed by atoms with E-state index in [1.807, 2.05) is 24.3 Å². The number of aromatic nitrogens is 2. The summed E-state index contributed by atoms with van der Waals surface area (Å²) >= 11 is 1.62. The molecule has 156 valence electrons. The molecule has 0 bridgehead atoms. The molecule has 9 heteroatoms. The minimum Gasteiger partial charge on any atom is -0.321 e. The summed E-state index contributed by atoms with van der Waals surface area (Å²) in [6.07, 6.45) is 0. The van der Waals surface area contributed by atoms with Crippen molar-refractivity contribution in [1.29, 1.82) is 0 Å². The number of hydrogen-bond donors (Lipinski definition) is 1. The lowest BCUT2D eigenvalue weighted by Gasteiger charge is -2.16. The number of amidine groups is 1. The van der Waals surface area contributed by atoms with Crippen molar-refractivity contribution in [2.75, 3.05) is 18.4 Å². The fourth-order valence-electron chi connectivity index (χ4n) is 3.54. The highest BCUT2D eigenvalue weighted by Gasteiger charge is 2.27. The van der Waals surface area contributed by atoms with Gasteiger partial charge in [-0.1, -0.05) is 23.9 Å². The van der Waals surface area contributed by atoms with Crippen molar-refractivity contribution in [3.05, 3.63) is 76.8 Å². The first-order chi connectivity index (χ1) is 15.0. The normalized spacial score (nSPS) is 15.0. The van der Waals surface area contributed by atoms with Gasteiger partial charge in [0, 0.05) is 30.3 Å². The standard InChI is InChI=1S/C22H17F2N5OS/c1-28-19(11-18(27-28)14-4-7-16(23)17(24)10-14)21(30)26-15-5-2-13(3-6-15)20-12-31-22-25-8-9-29(20)22/h2-7,10-12H,8-9H2,1H3,(H,26,30). The van der Waals surface area contributed by atoms with Crippen LogP contribution in [0.15, 0.2) is 58.9 Å². The Hall–Kier alpha value is -3.46. The Morgan fingerprint density at radius 1 is 1.06 bits per heavy atom. The van der Waals surface area contributed by atoms with Crippen LogP contribution in [0, 0.1) is 11.6 Å². The first-order valence-electron chi connectivity index (χ1n) is 9.60. The highest BCUT2D eigenvalue weighted by Crippen LogP contribution is 2.35. The molecule has 0 unspecified atom stereocenters. The second-order valence-corrected chi connectivity index (χ2v) is 7.97. The van der Waals surface area contributed by atoms with Crippen molar-refractivity contribution in [1.82, 2.24) is 14.7 Å². The van der Waals surface area contributed by atoms with Gasteiger partial charge in [-0.2, -0.15) is 5.10 Å². The fourth-order valence-corrected chi connectivity index (χ4v) is 4.51. The number of halogens is 2. The lowest BCUT2D eigenvalue weighted by molar-refractivity contribution is 0.101. The van der Waals surface area contributed by atoms with E-state index in [0.29, 0.717) is 22.6 Å². The molecule has 0 radical (unpaired) electrons. The lowest BCUT2D eigenvalue weighted by atomic mass is 10.1. The van der Waals surface area contributed by atoms with E-state index < -0.39 is 11.6 Å². The molecule has 0 aliphatic carbocycles. The molecule has 2 aliphatic heterocycles. The van der Waals surface area contributed by atoms with Crippen molar-refractivity contribution in [2.45, 2.75) is 0 Å². The van der Waals surface area contributed by atoms with Gasteiger partial charge in [-0.05, 0) is 42.0 Å². The summed E-state index contributed by atoms with van der Waals surface area (Å²) in [6, 6.07) is 12.7. The molecule has 2 aromatic carbocycles. The van der Waals surface area contributed by atoms with E-state index in [4.69, 9.17) is 0 Å². The summed E-state index contributed by atoms with van der Waals surface area (Å²) in [7, 11) is 1.63. The average molecular weight is 437 g/mol. The molecule has 0 spiro atoms. The average Bonchev–Trinajstić information content (AvgIpc) is 3.46. The number of carbonyl (C=O) groups excluding carboxylic acids is 1. The summed E-state index contributed by atoms with van der Waals surface area (Å²) in [6.45, 7) is 1.69. The molecular formula is C22H17F2N5OS. The number of rotatable bonds is 4. The van der Waals surface area contributed by atoms with Crippen molar-refractivity contribution in [3.63, 3.8) is 0 Å². The summed E-state index contributed by atoms with van der Waals surface area (Å²) in [5, 5.41) is 10.2. The summed E-state index contributed by atoms with van der Waals surface area (Å²) in [4.78, 5) is 19.4. The number of amides is 1. The van der Waals surface area contributed by atoms with Gasteiger partial charge in [-0.25, -0.2) is 8.78 Å². The van der Waals surface area contributed by atoms with E-state index >= 15 is 0 Å². The van der Waals surface area contributed by atoms with Crippen LogP contribution < -0.4 is 5.32 Å². The third-order valence-electron chi connectivity index (χ3n) is 5.13. The molecule has 1 amide bonds. The Labute approximate surface area is 181 Å². The number of carbonyl (C=O) groups is 1. The van der Waals surface area contributed by atoms with Crippen LogP contribution >= 0.6 is 11.8 Å². The van der Waals surface area contributed by atoms with Gasteiger partial charge in [0.15, 0.2) is 16.8 Å². The minimum atomic E-state index is -0.961. The van der Waals surface area contributed by atoms with Crippen molar-refractivity contribution < 1.29 is 13.6 Å². The van der Waals surface area contributed by atoms with Crippen LogP contribution in [0.1, 0.15) is 16.1 Å². The number of aryl methyl sites for hydroxylation is 1. The maximum absolute atomic E-state index is 13.5. The van der Waals surface area contributed by atoms with E-state index in [9.17, 15) is 13.6 Å². The van der Waals surface area contributed by atoms with Gasteiger partial charge < -0.3 is 10.2 Å². The van der Waals surface area contributed by atoms with Gasteiger partial charge in [-0.15, -0.1) is 0 Å². The van der Waals surface area contributed by atoms with Crippen LogP contribution in [0.5, 0.6) is 0 Å². The lowest BCUT2D eigenvalue weighted by Crippen LogP contribution is -2.20. The molecule has 3 heterocycles. The molecule has 31 heavy (non-hydrogen) atoms. The number of thioether (sulfide) groups is 1. The second kappa shape index (κ2) is 7.66. The number of benzene rings is 2. The van der Waals surface area contributed by atoms with Crippen molar-refractivity contribution >= 4 is 34.2 Å². The van der Waals surface area contributed by atoms with E-state index in [-0.39, 0.29) is 5.91 Å². The van der Waals surface area contributed by atoms with Crippen LogP contribution in [0.2, 0.25) is 0 Å². The van der Waals surface area contributed by atoms with Crippen LogP contribution in [0.3, 0.4) is 0 Å². The number of nitrogens with one attached hydrogen (secondary N) is 1. The highest BCUT2D eigenvalue weighted by molar-refractivity contribution is 8.16. The van der Waals surface area contributed by atoms with Crippen molar-refractivity contribution in [3.8, 4) is 11.3 Å². The van der Waals surface area contributed by atoms with Gasteiger partial charge >= 0.3 is 0 Å². The maximum Gasteiger partial charge on any atom is 0.273 e. The SMILES string of the molecule is Cn1nc(-c2ccc(F)c(F)c2)cc1C(=O)Nc1ccc(C2=CSC3=NCCN23)cc1. The first-order valence-corrected chi connectivity index (χ1v) is 10.5. The number of aliphatic imine (C=N–C) groups is 1. The third-order valence-corrected chi connectivity index (χ3v) is 6.04. The number of nitrogens with zero attached hydrogens (tertiary/aromatic N) is 4. The van der Waals surface area contributed by atoms with E-state index in [1.165, 1.54) is 10.7 Å². The van der Waals surface area contributed by atoms with Gasteiger partial charge in [0.05, 0.1) is 17.9 Å². The largest absolute Gasteiger partial charge is 0.321 e. The van der Waals surface area contributed by atoms with Crippen LogP contribution in [-0.4, -0.2) is 38.8 Å². The summed E-state index contributed by atoms with van der Waals surface area (Å²) in [5.74, 6) is -2.24. The molecular weight excluding hydrogens is 420 g/mol. The molecule has 2 aliphatic rings. The Morgan fingerprint density at radius 2 is 1.84 bits per heavy atom. The van der Waals surface area contributed by atoms with Crippen LogP contribution in [0.4, 0.5) is 14.5 Å². The molecule has 1 N–H and O–H groups in total. The van der Waals surface area contributed by atoms with Crippen molar-refractivity contribution in [2.24, 2.45) is 12.0 Å². The molecule has 0 atom stereocenters. The number of hydrogen-bond acceptors (Lipinski definition) is 5. The van der Waals surface area contributed by atoms with Gasteiger partial charge in [-0.3, -0.25) is 14.5 Å². The molecule has 0 fully saturated rings. The minimum absolute atomic E-state index is 0.302. The predicted molar refractivity (Wildman–Crippen MR) is 118 cm³/mol. The Balaban J connectivity index is 1.32. The zero-order valence-electron chi connectivity index (χ0n) is 16.5. The third kappa shape index (κ3) is 3.61. The van der Waals surface area contributed by atoms with E-state index in [0.717, 1.165) is 41.7 Å². The quantitative estimate of drug-likeness (QED) is 0.660. The van der Waals surface area contributed by atoms with E-state index in [2.05, 4.69) is 25.7 Å². The predicted octanol–water partition coefficient (Wildman–Crippen LogP) is 4.33. The molecule has 0 saturated carbocycles. The Kier molecular flexibility index (Phi) is 4.82. The molecule has 5 rings (SSSR count). The van der Waals surface area contributed by atoms with Crippen LogP contribution in [0.25, 0.3) is 17.0 Å². The monoisotopic (exact) mass is 437 g/mol. The maximum atomic E-state index is 13.5. The Bertz CT molecular complexity index is 1250. The second-order valence-electron chi connectivity index (χ2n) is 7.14. The molecule has 3 aromatic rings. The topological polar surface area (TPSA) is 62.5 Å². The first kappa shape index (κ1) is 19.5. The zero-order valence-corrected chi connectivity index (χ0v) is 17.3. The fraction of sp³-hybridized carbons (Fsp3) is 0.136. The zero-order chi connectivity index (χ0) is 21.5. The van der Waals surface area contributed by atoms with Gasteiger partial charge in [0.1, 0.15) is 5.69 Å². The van der Waals surface area contributed by atoms with Gasteiger partial charge in [0.25, 0.3) is 5.91 Å². The van der Waals surface area contributed by atoms with Crippen LogP contribution in [-0.2, 0) is 7.05 Å². The summed E-state index contributed by atoms with van der Waals surface area (Å²) < 4.78 is 28.1. The Morgan fingerprint density at radius 3 is 2.61 bits per heavy atom. The van der Waals surface area contributed by atoms with E-state index in [1.54, 1.807) is 24.9 Å². The molecule has 0 saturated heterocycles.